The molecule has 1 aliphatic heterocycles. The molecular weight excluding hydrogens is 364 g/mol. The molecule has 1 aliphatic rings. The molecule has 0 saturated carbocycles. The molecule has 0 radical (unpaired) electrons. The Hall–Kier alpha value is -2.25. The number of nitrogens with zero attached hydrogens (tertiary/aromatic N) is 5. The molecule has 0 aliphatic carbocycles. The molecular formula is C22H34N6O. The molecule has 1 unspecified atom stereocenters. The SMILES string of the molecule is CC(CCN1CCC(n2cc(C(=O)NCCN(C)C)nn2)CC1)c1ccccc1. The summed E-state index contributed by atoms with van der Waals surface area (Å²) in [5.74, 6) is 0.434. The van der Waals surface area contributed by atoms with Gasteiger partial charge in [-0.05, 0) is 51.4 Å². The second-order valence-electron chi connectivity index (χ2n) is 8.32. The first-order valence-corrected chi connectivity index (χ1v) is 10.6. The molecule has 1 atom stereocenters. The number of nitrogens with one attached hydrogen (secondary N) is 1. The number of amides is 1. The van der Waals surface area contributed by atoms with Crippen LogP contribution >= 0.6 is 0 Å². The zero-order chi connectivity index (χ0) is 20.6. The van der Waals surface area contributed by atoms with E-state index < -0.39 is 0 Å². The zero-order valence-corrected chi connectivity index (χ0v) is 17.9. The van der Waals surface area contributed by atoms with Gasteiger partial charge in [0.05, 0.1) is 12.2 Å². The van der Waals surface area contributed by atoms with Crippen LogP contribution in [-0.4, -0.2) is 77.5 Å². The average molecular weight is 399 g/mol. The lowest BCUT2D eigenvalue weighted by atomic mass is 9.97. The number of piperidine rings is 1. The summed E-state index contributed by atoms with van der Waals surface area (Å²) in [6, 6.07) is 11.1. The van der Waals surface area contributed by atoms with E-state index in [0.29, 0.717) is 24.2 Å². The van der Waals surface area contributed by atoms with Gasteiger partial charge in [0.25, 0.3) is 5.91 Å². The lowest BCUT2D eigenvalue weighted by Crippen LogP contribution is -2.35. The topological polar surface area (TPSA) is 66.3 Å². The first-order valence-electron chi connectivity index (χ1n) is 10.6. The summed E-state index contributed by atoms with van der Waals surface area (Å²) in [6.07, 6.45) is 5.06. The third-order valence-electron chi connectivity index (χ3n) is 5.77. The molecule has 7 nitrogen and oxygen atoms in total. The van der Waals surface area contributed by atoms with Gasteiger partial charge in [-0.1, -0.05) is 42.5 Å². The van der Waals surface area contributed by atoms with Crippen molar-refractivity contribution in [3.8, 4) is 0 Å². The third kappa shape index (κ3) is 6.37. The minimum absolute atomic E-state index is 0.148. The van der Waals surface area contributed by atoms with Crippen molar-refractivity contribution in [1.29, 1.82) is 0 Å². The lowest BCUT2D eigenvalue weighted by Gasteiger charge is -2.32. The van der Waals surface area contributed by atoms with Gasteiger partial charge in [-0.2, -0.15) is 0 Å². The van der Waals surface area contributed by atoms with Gasteiger partial charge in [0.1, 0.15) is 0 Å². The summed E-state index contributed by atoms with van der Waals surface area (Å²) in [4.78, 5) is 16.8. The standard InChI is InChI=1S/C22H34N6O/c1-18(19-7-5-4-6-8-19)9-13-27-14-10-20(11-15-27)28-17-21(24-25-28)22(29)23-12-16-26(2)3/h4-8,17-18,20H,9-16H2,1-3H3,(H,23,29). The van der Waals surface area contributed by atoms with Crippen LogP contribution in [-0.2, 0) is 0 Å². The molecule has 0 spiro atoms. The van der Waals surface area contributed by atoms with Gasteiger partial charge >= 0.3 is 0 Å². The number of rotatable bonds is 9. The number of benzene rings is 1. The maximum Gasteiger partial charge on any atom is 0.273 e. The van der Waals surface area contributed by atoms with E-state index in [0.717, 1.165) is 39.0 Å². The van der Waals surface area contributed by atoms with Crippen LogP contribution in [0.2, 0.25) is 0 Å². The minimum atomic E-state index is -0.148. The summed E-state index contributed by atoms with van der Waals surface area (Å²) in [6.45, 7) is 6.98. The fraction of sp³-hybridized carbons (Fsp3) is 0.591. The normalized spacial score (nSPS) is 16.8. The highest BCUT2D eigenvalue weighted by Gasteiger charge is 2.23. The molecule has 0 bridgehead atoms. The van der Waals surface area contributed by atoms with E-state index in [1.807, 2.05) is 23.7 Å². The number of hydrogen-bond acceptors (Lipinski definition) is 5. The minimum Gasteiger partial charge on any atom is -0.349 e. The van der Waals surface area contributed by atoms with Crippen molar-refractivity contribution in [1.82, 2.24) is 30.1 Å². The highest BCUT2D eigenvalue weighted by Crippen LogP contribution is 2.24. The van der Waals surface area contributed by atoms with Crippen LogP contribution in [0.4, 0.5) is 0 Å². The van der Waals surface area contributed by atoms with Crippen LogP contribution in [0.5, 0.6) is 0 Å². The van der Waals surface area contributed by atoms with Crippen LogP contribution in [0, 0.1) is 0 Å². The first kappa shape index (κ1) is 21.5. The molecule has 1 aromatic carbocycles. The molecule has 29 heavy (non-hydrogen) atoms. The quantitative estimate of drug-likeness (QED) is 0.703. The highest BCUT2D eigenvalue weighted by molar-refractivity contribution is 5.91. The van der Waals surface area contributed by atoms with Gasteiger partial charge in [-0.3, -0.25) is 4.79 Å². The highest BCUT2D eigenvalue weighted by atomic mass is 16.2. The summed E-state index contributed by atoms with van der Waals surface area (Å²) >= 11 is 0. The molecule has 158 valence electrons. The van der Waals surface area contributed by atoms with Crippen LogP contribution in [0.1, 0.15) is 54.2 Å². The molecule has 1 fully saturated rings. The zero-order valence-electron chi connectivity index (χ0n) is 17.9. The summed E-state index contributed by atoms with van der Waals surface area (Å²) in [5, 5.41) is 11.2. The number of aromatic nitrogens is 3. The molecule has 2 heterocycles. The predicted molar refractivity (Wildman–Crippen MR) is 115 cm³/mol. The van der Waals surface area contributed by atoms with Crippen LogP contribution in [0.15, 0.2) is 36.5 Å². The molecule has 1 saturated heterocycles. The Morgan fingerprint density at radius 3 is 2.66 bits per heavy atom. The Labute approximate surface area is 174 Å². The van der Waals surface area contributed by atoms with Gasteiger partial charge < -0.3 is 15.1 Å². The number of likely N-dealkylation sites (tertiary alicyclic amines) is 1. The molecule has 1 aromatic heterocycles. The molecule has 1 amide bonds. The molecule has 2 aromatic rings. The van der Waals surface area contributed by atoms with Crippen molar-refractivity contribution >= 4 is 5.91 Å². The predicted octanol–water partition coefficient (Wildman–Crippen LogP) is 2.40. The Morgan fingerprint density at radius 1 is 1.24 bits per heavy atom. The largest absolute Gasteiger partial charge is 0.349 e. The smallest absolute Gasteiger partial charge is 0.273 e. The van der Waals surface area contributed by atoms with Gasteiger partial charge in [-0.25, -0.2) is 4.68 Å². The van der Waals surface area contributed by atoms with E-state index >= 15 is 0 Å². The Kier molecular flexibility index (Phi) is 7.77. The summed E-state index contributed by atoms with van der Waals surface area (Å²) in [7, 11) is 3.97. The van der Waals surface area contributed by atoms with E-state index in [1.165, 1.54) is 12.0 Å². The summed E-state index contributed by atoms with van der Waals surface area (Å²) in [5.41, 5.74) is 1.82. The lowest BCUT2D eigenvalue weighted by molar-refractivity contribution is 0.0946. The number of hydrogen-bond donors (Lipinski definition) is 1. The van der Waals surface area contributed by atoms with Crippen LogP contribution < -0.4 is 5.32 Å². The van der Waals surface area contributed by atoms with Crippen molar-refractivity contribution in [2.45, 2.75) is 38.1 Å². The van der Waals surface area contributed by atoms with Gasteiger partial charge in [0, 0.05) is 26.2 Å². The van der Waals surface area contributed by atoms with Gasteiger partial charge in [0.2, 0.25) is 0 Å². The monoisotopic (exact) mass is 398 g/mol. The average Bonchev–Trinajstić information content (AvgIpc) is 3.23. The van der Waals surface area contributed by atoms with Crippen molar-refractivity contribution < 1.29 is 4.79 Å². The first-order chi connectivity index (χ1) is 14.0. The maximum atomic E-state index is 12.2. The molecule has 3 rings (SSSR count). The van der Waals surface area contributed by atoms with E-state index in [2.05, 4.69) is 57.8 Å². The summed E-state index contributed by atoms with van der Waals surface area (Å²) < 4.78 is 1.88. The second kappa shape index (κ2) is 10.5. The van der Waals surface area contributed by atoms with Crippen molar-refractivity contribution in [3.63, 3.8) is 0 Å². The Morgan fingerprint density at radius 2 is 1.97 bits per heavy atom. The number of likely N-dealkylation sites (N-methyl/N-ethyl adjacent to an activating group) is 1. The fourth-order valence-electron chi connectivity index (χ4n) is 3.77. The van der Waals surface area contributed by atoms with Crippen LogP contribution in [0.3, 0.4) is 0 Å². The molecule has 7 heteroatoms. The van der Waals surface area contributed by atoms with Crippen molar-refractivity contribution in [2.24, 2.45) is 0 Å². The van der Waals surface area contributed by atoms with Crippen LogP contribution in [0.25, 0.3) is 0 Å². The second-order valence-corrected chi connectivity index (χ2v) is 8.32. The van der Waals surface area contributed by atoms with Crippen molar-refractivity contribution in [2.75, 3.05) is 46.8 Å². The van der Waals surface area contributed by atoms with Gasteiger partial charge in [-0.15, -0.1) is 5.10 Å². The number of carbonyl (C=O) groups is 1. The van der Waals surface area contributed by atoms with E-state index in [1.54, 1.807) is 6.20 Å². The Bertz CT molecular complexity index is 752. The third-order valence-corrected chi connectivity index (χ3v) is 5.77. The van der Waals surface area contributed by atoms with E-state index in [9.17, 15) is 4.79 Å². The van der Waals surface area contributed by atoms with E-state index in [-0.39, 0.29) is 5.91 Å². The van der Waals surface area contributed by atoms with E-state index in [4.69, 9.17) is 0 Å². The van der Waals surface area contributed by atoms with Crippen molar-refractivity contribution in [3.05, 3.63) is 47.8 Å². The maximum absolute atomic E-state index is 12.2. The van der Waals surface area contributed by atoms with Gasteiger partial charge in [0.15, 0.2) is 5.69 Å². The Balaban J connectivity index is 1.41. The fourth-order valence-corrected chi connectivity index (χ4v) is 3.77. The molecule has 1 N–H and O–H groups in total. The number of carbonyl (C=O) groups excluding carboxylic acids is 1.